The van der Waals surface area contributed by atoms with Gasteiger partial charge in [-0.3, -0.25) is 4.99 Å². The standard InChI is InChI=1S/C21H26FN3O.HI/c1-23-21(24-14-16-9-11-19(22)12-10-16)25-15-18-8-5-13-26-20(18)17-6-3-2-4-7-17;/h2-4,6-7,9-12,18,20H,5,8,13-15H2,1H3,(H2,23,24,25);1H. The number of rotatable bonds is 5. The lowest BCUT2D eigenvalue weighted by Gasteiger charge is -2.32. The van der Waals surface area contributed by atoms with Crippen LogP contribution in [0.2, 0.25) is 0 Å². The van der Waals surface area contributed by atoms with E-state index in [-0.39, 0.29) is 35.9 Å². The summed E-state index contributed by atoms with van der Waals surface area (Å²) in [4.78, 5) is 4.28. The van der Waals surface area contributed by atoms with Crippen molar-refractivity contribution in [2.24, 2.45) is 10.9 Å². The van der Waals surface area contributed by atoms with Crippen LogP contribution >= 0.6 is 24.0 Å². The molecule has 1 heterocycles. The molecular formula is C21H27FIN3O. The van der Waals surface area contributed by atoms with Gasteiger partial charge in [-0.15, -0.1) is 24.0 Å². The Morgan fingerprint density at radius 3 is 2.56 bits per heavy atom. The van der Waals surface area contributed by atoms with E-state index >= 15 is 0 Å². The van der Waals surface area contributed by atoms with Crippen molar-refractivity contribution >= 4 is 29.9 Å². The molecule has 2 unspecified atom stereocenters. The highest BCUT2D eigenvalue weighted by Gasteiger charge is 2.27. The summed E-state index contributed by atoms with van der Waals surface area (Å²) in [5, 5.41) is 6.68. The molecule has 1 fully saturated rings. The van der Waals surface area contributed by atoms with E-state index in [4.69, 9.17) is 4.74 Å². The summed E-state index contributed by atoms with van der Waals surface area (Å²) in [6.45, 7) is 2.21. The third kappa shape index (κ3) is 6.46. The number of halogens is 2. The fourth-order valence-electron chi connectivity index (χ4n) is 3.30. The van der Waals surface area contributed by atoms with Crippen LogP contribution in [-0.2, 0) is 11.3 Å². The average Bonchev–Trinajstić information content (AvgIpc) is 2.70. The van der Waals surface area contributed by atoms with E-state index in [9.17, 15) is 4.39 Å². The van der Waals surface area contributed by atoms with E-state index in [1.165, 1.54) is 17.7 Å². The average molecular weight is 483 g/mol. The molecule has 0 bridgehead atoms. The van der Waals surface area contributed by atoms with Crippen molar-refractivity contribution in [1.82, 2.24) is 10.6 Å². The second kappa shape index (κ2) is 11.2. The lowest BCUT2D eigenvalue weighted by molar-refractivity contribution is -0.0265. The van der Waals surface area contributed by atoms with E-state index in [2.05, 4.69) is 39.9 Å². The van der Waals surface area contributed by atoms with Gasteiger partial charge in [-0.05, 0) is 36.1 Å². The number of hydrogen-bond donors (Lipinski definition) is 2. The van der Waals surface area contributed by atoms with Crippen LogP contribution in [0.4, 0.5) is 4.39 Å². The molecule has 1 aliphatic heterocycles. The number of hydrogen-bond acceptors (Lipinski definition) is 2. The fraction of sp³-hybridized carbons (Fsp3) is 0.381. The molecule has 0 amide bonds. The molecule has 0 aromatic heterocycles. The van der Waals surface area contributed by atoms with Gasteiger partial charge >= 0.3 is 0 Å². The van der Waals surface area contributed by atoms with Crippen molar-refractivity contribution in [3.63, 3.8) is 0 Å². The first-order chi connectivity index (χ1) is 12.8. The van der Waals surface area contributed by atoms with Gasteiger partial charge in [0, 0.05) is 32.7 Å². The highest BCUT2D eigenvalue weighted by Crippen LogP contribution is 2.32. The molecular weight excluding hydrogens is 456 g/mol. The molecule has 1 saturated heterocycles. The monoisotopic (exact) mass is 483 g/mol. The van der Waals surface area contributed by atoms with E-state index in [0.29, 0.717) is 12.5 Å². The number of nitrogens with zero attached hydrogens (tertiary/aromatic N) is 1. The van der Waals surface area contributed by atoms with Crippen LogP contribution in [-0.4, -0.2) is 26.2 Å². The quantitative estimate of drug-likeness (QED) is 0.379. The van der Waals surface area contributed by atoms with Gasteiger partial charge in [0.15, 0.2) is 5.96 Å². The van der Waals surface area contributed by atoms with Crippen LogP contribution in [0.1, 0.15) is 30.1 Å². The zero-order chi connectivity index (χ0) is 18.2. The second-order valence-corrected chi connectivity index (χ2v) is 6.54. The Labute approximate surface area is 177 Å². The molecule has 0 aliphatic carbocycles. The molecule has 0 radical (unpaired) electrons. The van der Waals surface area contributed by atoms with Crippen LogP contribution in [0.3, 0.4) is 0 Å². The maximum Gasteiger partial charge on any atom is 0.191 e. The van der Waals surface area contributed by atoms with E-state index in [1.54, 1.807) is 19.2 Å². The van der Waals surface area contributed by atoms with Crippen molar-refractivity contribution in [2.45, 2.75) is 25.5 Å². The third-order valence-corrected chi connectivity index (χ3v) is 4.70. The Bertz CT molecular complexity index is 709. The fourth-order valence-corrected chi connectivity index (χ4v) is 3.30. The Hall–Kier alpha value is -1.67. The summed E-state index contributed by atoms with van der Waals surface area (Å²) in [6.07, 6.45) is 2.33. The smallest absolute Gasteiger partial charge is 0.191 e. The summed E-state index contributed by atoms with van der Waals surface area (Å²) in [6, 6.07) is 16.9. The van der Waals surface area contributed by atoms with Crippen LogP contribution < -0.4 is 10.6 Å². The summed E-state index contributed by atoms with van der Waals surface area (Å²) in [5.41, 5.74) is 2.24. The summed E-state index contributed by atoms with van der Waals surface area (Å²) in [5.74, 6) is 0.919. The predicted octanol–water partition coefficient (Wildman–Crippen LogP) is 4.28. The Morgan fingerprint density at radius 1 is 1.11 bits per heavy atom. The Kier molecular flexibility index (Phi) is 9.00. The molecule has 1 aliphatic rings. The maximum atomic E-state index is 13.0. The first kappa shape index (κ1) is 21.6. The zero-order valence-corrected chi connectivity index (χ0v) is 17.9. The summed E-state index contributed by atoms with van der Waals surface area (Å²) in [7, 11) is 1.76. The van der Waals surface area contributed by atoms with Crippen molar-refractivity contribution in [1.29, 1.82) is 0 Å². The molecule has 2 aromatic carbocycles. The molecule has 4 nitrogen and oxygen atoms in total. The normalized spacial score (nSPS) is 19.9. The second-order valence-electron chi connectivity index (χ2n) is 6.54. The van der Waals surface area contributed by atoms with Gasteiger partial charge in [-0.25, -0.2) is 4.39 Å². The summed E-state index contributed by atoms with van der Waals surface area (Å²) < 4.78 is 19.0. The minimum absolute atomic E-state index is 0. The lowest BCUT2D eigenvalue weighted by Crippen LogP contribution is -2.41. The number of guanidine groups is 1. The molecule has 3 rings (SSSR count). The highest BCUT2D eigenvalue weighted by molar-refractivity contribution is 14.0. The van der Waals surface area contributed by atoms with E-state index in [0.717, 1.165) is 37.5 Å². The van der Waals surface area contributed by atoms with Gasteiger partial charge in [0.2, 0.25) is 0 Å². The first-order valence-electron chi connectivity index (χ1n) is 9.12. The van der Waals surface area contributed by atoms with Gasteiger partial charge in [-0.2, -0.15) is 0 Å². The lowest BCUT2D eigenvalue weighted by atomic mass is 9.89. The first-order valence-corrected chi connectivity index (χ1v) is 9.12. The number of nitrogens with one attached hydrogen (secondary N) is 2. The number of benzene rings is 2. The SMILES string of the molecule is CN=C(NCc1ccc(F)cc1)NCC1CCCOC1c1ccccc1.I. The van der Waals surface area contributed by atoms with Gasteiger partial charge in [-0.1, -0.05) is 42.5 Å². The highest BCUT2D eigenvalue weighted by atomic mass is 127. The molecule has 0 spiro atoms. The van der Waals surface area contributed by atoms with Crippen LogP contribution in [0, 0.1) is 11.7 Å². The zero-order valence-electron chi connectivity index (χ0n) is 15.5. The van der Waals surface area contributed by atoms with Gasteiger partial charge in [0.25, 0.3) is 0 Å². The molecule has 2 N–H and O–H groups in total. The largest absolute Gasteiger partial charge is 0.373 e. The minimum atomic E-state index is -0.222. The Morgan fingerprint density at radius 2 is 1.85 bits per heavy atom. The predicted molar refractivity (Wildman–Crippen MR) is 118 cm³/mol. The van der Waals surface area contributed by atoms with Crippen molar-refractivity contribution in [2.75, 3.05) is 20.2 Å². The number of aliphatic imine (C=N–C) groups is 1. The molecule has 2 atom stereocenters. The van der Waals surface area contributed by atoms with Crippen LogP contribution in [0.25, 0.3) is 0 Å². The Balaban J connectivity index is 0.00000261. The molecule has 0 saturated carbocycles. The minimum Gasteiger partial charge on any atom is -0.373 e. The molecule has 6 heteroatoms. The van der Waals surface area contributed by atoms with Crippen LogP contribution in [0.15, 0.2) is 59.6 Å². The van der Waals surface area contributed by atoms with Crippen molar-refractivity contribution in [3.05, 3.63) is 71.5 Å². The van der Waals surface area contributed by atoms with Crippen LogP contribution in [0.5, 0.6) is 0 Å². The molecule has 2 aromatic rings. The van der Waals surface area contributed by atoms with Gasteiger partial charge in [0.05, 0.1) is 6.10 Å². The van der Waals surface area contributed by atoms with E-state index < -0.39 is 0 Å². The van der Waals surface area contributed by atoms with Crippen molar-refractivity contribution < 1.29 is 9.13 Å². The topological polar surface area (TPSA) is 45.7 Å². The van der Waals surface area contributed by atoms with Crippen molar-refractivity contribution in [3.8, 4) is 0 Å². The van der Waals surface area contributed by atoms with Gasteiger partial charge in [0.1, 0.15) is 5.82 Å². The number of ether oxygens (including phenoxy) is 1. The third-order valence-electron chi connectivity index (χ3n) is 4.70. The molecule has 146 valence electrons. The molecule has 27 heavy (non-hydrogen) atoms. The van der Waals surface area contributed by atoms with E-state index in [1.807, 2.05) is 6.07 Å². The van der Waals surface area contributed by atoms with Gasteiger partial charge < -0.3 is 15.4 Å². The summed E-state index contributed by atoms with van der Waals surface area (Å²) >= 11 is 0. The maximum absolute atomic E-state index is 13.0.